The van der Waals surface area contributed by atoms with Gasteiger partial charge < -0.3 is 15.1 Å². The fourth-order valence-corrected chi connectivity index (χ4v) is 2.79. The summed E-state index contributed by atoms with van der Waals surface area (Å²) in [5, 5.41) is 3.17. The summed E-state index contributed by atoms with van der Waals surface area (Å²) >= 11 is 0. The quantitative estimate of drug-likeness (QED) is 0.763. The van der Waals surface area contributed by atoms with Gasteiger partial charge in [-0.3, -0.25) is 9.59 Å². The largest absolute Gasteiger partial charge is 0.339 e. The Balaban J connectivity index is 2.08. The number of unbranched alkanes of at least 4 members (excludes halogenated alkanes) is 2. The van der Waals surface area contributed by atoms with Gasteiger partial charge in [-0.2, -0.15) is 0 Å². The van der Waals surface area contributed by atoms with E-state index in [1.807, 2.05) is 6.92 Å². The summed E-state index contributed by atoms with van der Waals surface area (Å²) in [7, 11) is 0. The summed E-state index contributed by atoms with van der Waals surface area (Å²) in [5.74, 6) is -2.62. The van der Waals surface area contributed by atoms with E-state index in [1.54, 1.807) is 4.90 Å². The molecule has 1 heterocycles. The average Bonchev–Trinajstić information content (AvgIpc) is 2.63. The molecule has 1 aliphatic heterocycles. The van der Waals surface area contributed by atoms with Gasteiger partial charge in [-0.25, -0.2) is 8.78 Å². The van der Waals surface area contributed by atoms with Crippen LogP contribution in [0.2, 0.25) is 0 Å². The van der Waals surface area contributed by atoms with Gasteiger partial charge >= 0.3 is 0 Å². The van der Waals surface area contributed by atoms with Crippen LogP contribution >= 0.6 is 0 Å². The Morgan fingerprint density at radius 1 is 1.16 bits per heavy atom. The van der Waals surface area contributed by atoms with Crippen LogP contribution in [0.5, 0.6) is 0 Å². The van der Waals surface area contributed by atoms with E-state index in [0.29, 0.717) is 19.6 Å². The maximum absolute atomic E-state index is 13.4. The second-order valence-corrected chi connectivity index (χ2v) is 6.19. The van der Waals surface area contributed by atoms with Crippen molar-refractivity contribution in [1.82, 2.24) is 15.1 Å². The van der Waals surface area contributed by atoms with Gasteiger partial charge in [0, 0.05) is 38.3 Å². The van der Waals surface area contributed by atoms with Crippen molar-refractivity contribution < 1.29 is 18.4 Å². The number of rotatable bonds is 7. The molecule has 2 rings (SSSR count). The number of nitrogens with zero attached hydrogens (tertiary/aromatic N) is 2. The first-order valence-corrected chi connectivity index (χ1v) is 8.75. The predicted octanol–water partition coefficient (Wildman–Crippen LogP) is 2.03. The van der Waals surface area contributed by atoms with Gasteiger partial charge in [-0.1, -0.05) is 19.8 Å². The zero-order valence-corrected chi connectivity index (χ0v) is 14.6. The minimum Gasteiger partial charge on any atom is -0.339 e. The normalized spacial score (nSPS) is 14.4. The first-order chi connectivity index (χ1) is 12.0. The van der Waals surface area contributed by atoms with Crippen LogP contribution in [-0.2, 0) is 4.79 Å². The van der Waals surface area contributed by atoms with E-state index in [-0.39, 0.29) is 18.0 Å². The molecule has 0 atom stereocenters. The number of carbonyl (C=O) groups excluding carboxylic acids is 2. The highest BCUT2D eigenvalue weighted by molar-refractivity contribution is 5.96. The van der Waals surface area contributed by atoms with Gasteiger partial charge in [-0.05, 0) is 24.6 Å². The Morgan fingerprint density at radius 3 is 2.52 bits per heavy atom. The average molecular weight is 353 g/mol. The van der Waals surface area contributed by atoms with E-state index < -0.39 is 17.5 Å². The lowest BCUT2D eigenvalue weighted by atomic mass is 10.1. The summed E-state index contributed by atoms with van der Waals surface area (Å²) < 4.78 is 26.5. The Hall–Kier alpha value is -2.02. The van der Waals surface area contributed by atoms with E-state index in [0.717, 1.165) is 44.5 Å². The van der Waals surface area contributed by atoms with Crippen molar-refractivity contribution >= 4 is 11.8 Å². The molecule has 0 bridgehead atoms. The third-order valence-electron chi connectivity index (χ3n) is 4.28. The van der Waals surface area contributed by atoms with Crippen molar-refractivity contribution in [2.24, 2.45) is 0 Å². The van der Waals surface area contributed by atoms with Crippen LogP contribution in [0.1, 0.15) is 36.5 Å². The van der Waals surface area contributed by atoms with Crippen molar-refractivity contribution in [2.75, 3.05) is 39.3 Å². The molecule has 0 aromatic heterocycles. The minimum atomic E-state index is -1.06. The zero-order valence-electron chi connectivity index (χ0n) is 14.6. The third-order valence-corrected chi connectivity index (χ3v) is 4.28. The molecular weight excluding hydrogens is 328 g/mol. The molecule has 5 nitrogen and oxygen atoms in total. The second-order valence-electron chi connectivity index (χ2n) is 6.19. The summed E-state index contributed by atoms with van der Waals surface area (Å²) in [6, 6.07) is 3.08. The Bertz CT molecular complexity index is 604. The van der Waals surface area contributed by atoms with Crippen LogP contribution in [0.4, 0.5) is 8.78 Å². The van der Waals surface area contributed by atoms with Crippen LogP contribution in [0, 0.1) is 11.6 Å². The Labute approximate surface area is 147 Å². The fourth-order valence-electron chi connectivity index (χ4n) is 2.79. The maximum atomic E-state index is 13.4. The molecule has 1 N–H and O–H groups in total. The molecule has 1 aromatic carbocycles. The zero-order chi connectivity index (χ0) is 18.2. The highest BCUT2D eigenvalue weighted by Gasteiger charge is 2.23. The topological polar surface area (TPSA) is 52.7 Å². The van der Waals surface area contributed by atoms with Gasteiger partial charge in [0.15, 0.2) is 11.6 Å². The number of carbonyl (C=O) groups is 2. The molecule has 25 heavy (non-hydrogen) atoms. The van der Waals surface area contributed by atoms with Crippen LogP contribution in [0.15, 0.2) is 18.2 Å². The first-order valence-electron chi connectivity index (χ1n) is 8.75. The summed E-state index contributed by atoms with van der Waals surface area (Å²) in [4.78, 5) is 28.3. The molecule has 1 fully saturated rings. The van der Waals surface area contributed by atoms with E-state index in [4.69, 9.17) is 0 Å². The molecule has 0 radical (unpaired) electrons. The fraction of sp³-hybridized carbons (Fsp3) is 0.556. The number of hydrogen-bond acceptors (Lipinski definition) is 3. The lowest BCUT2D eigenvalue weighted by molar-refractivity contribution is -0.132. The molecule has 138 valence electrons. The molecule has 7 heteroatoms. The minimum absolute atomic E-state index is 0.0401. The molecule has 0 saturated carbocycles. The standard InChI is InChI=1S/C18H25F2N3O2/c1-2-3-4-9-23(13-17(24)22-10-7-21-8-11-22)18(25)14-5-6-15(19)16(20)12-14/h5-6,12,21H,2-4,7-11,13H2,1H3. The number of halogens is 2. The molecular formula is C18H25F2N3O2. The number of nitrogens with one attached hydrogen (secondary N) is 1. The lowest BCUT2D eigenvalue weighted by Gasteiger charge is -2.30. The van der Waals surface area contributed by atoms with Gasteiger partial charge in [0.2, 0.25) is 5.91 Å². The third kappa shape index (κ3) is 5.49. The molecule has 0 spiro atoms. The molecule has 0 aliphatic carbocycles. The molecule has 0 unspecified atom stereocenters. The van der Waals surface area contributed by atoms with Crippen molar-refractivity contribution in [3.05, 3.63) is 35.4 Å². The smallest absolute Gasteiger partial charge is 0.254 e. The number of amides is 2. The van der Waals surface area contributed by atoms with Crippen molar-refractivity contribution in [2.45, 2.75) is 26.2 Å². The monoisotopic (exact) mass is 353 g/mol. The number of hydrogen-bond donors (Lipinski definition) is 1. The lowest BCUT2D eigenvalue weighted by Crippen LogP contribution is -2.50. The highest BCUT2D eigenvalue weighted by Crippen LogP contribution is 2.12. The summed E-state index contributed by atoms with van der Waals surface area (Å²) in [5.41, 5.74) is 0.0588. The van der Waals surface area contributed by atoms with Crippen molar-refractivity contribution in [3.8, 4) is 0 Å². The van der Waals surface area contributed by atoms with Gasteiger partial charge in [0.05, 0.1) is 0 Å². The van der Waals surface area contributed by atoms with Crippen molar-refractivity contribution in [3.63, 3.8) is 0 Å². The number of benzene rings is 1. The van der Waals surface area contributed by atoms with E-state index in [1.165, 1.54) is 11.0 Å². The van der Waals surface area contributed by atoms with Crippen molar-refractivity contribution in [1.29, 1.82) is 0 Å². The van der Waals surface area contributed by atoms with E-state index in [9.17, 15) is 18.4 Å². The van der Waals surface area contributed by atoms with Gasteiger partial charge in [0.1, 0.15) is 6.54 Å². The Morgan fingerprint density at radius 2 is 1.88 bits per heavy atom. The maximum Gasteiger partial charge on any atom is 0.254 e. The van der Waals surface area contributed by atoms with E-state index >= 15 is 0 Å². The Kier molecular flexibility index (Phi) is 7.31. The van der Waals surface area contributed by atoms with E-state index in [2.05, 4.69) is 5.32 Å². The first kappa shape index (κ1) is 19.3. The molecule has 2 amide bonds. The van der Waals surface area contributed by atoms with Crippen LogP contribution < -0.4 is 5.32 Å². The predicted molar refractivity (Wildman–Crippen MR) is 91.2 cm³/mol. The SMILES string of the molecule is CCCCCN(CC(=O)N1CCNCC1)C(=O)c1ccc(F)c(F)c1. The molecule has 1 saturated heterocycles. The molecule has 1 aliphatic rings. The van der Waals surface area contributed by atoms with Crippen LogP contribution in [0.25, 0.3) is 0 Å². The molecule has 1 aromatic rings. The van der Waals surface area contributed by atoms with Crippen LogP contribution in [0.3, 0.4) is 0 Å². The highest BCUT2D eigenvalue weighted by atomic mass is 19.2. The van der Waals surface area contributed by atoms with Crippen LogP contribution in [-0.4, -0.2) is 60.9 Å². The number of piperazine rings is 1. The summed E-state index contributed by atoms with van der Waals surface area (Å²) in [6.07, 6.45) is 2.68. The van der Waals surface area contributed by atoms with Gasteiger partial charge in [0.25, 0.3) is 5.91 Å². The second kappa shape index (κ2) is 9.46. The summed E-state index contributed by atoms with van der Waals surface area (Å²) in [6.45, 7) is 5.12. The van der Waals surface area contributed by atoms with Gasteiger partial charge in [-0.15, -0.1) is 0 Å².